The zero-order chi connectivity index (χ0) is 13.1. The van der Waals surface area contributed by atoms with Crippen molar-refractivity contribution in [3.8, 4) is 11.6 Å². The molecular weight excluding hydrogens is 301 g/mol. The maximum Gasteiger partial charge on any atom is 0.219 e. The summed E-state index contributed by atoms with van der Waals surface area (Å²) in [5.41, 5.74) is 0.690. The lowest BCUT2D eigenvalue weighted by molar-refractivity contribution is 0.198. The molecule has 1 heterocycles. The van der Waals surface area contributed by atoms with Gasteiger partial charge in [0.2, 0.25) is 5.88 Å². The number of nitrogens with zero attached hydrogens (tertiary/aromatic N) is 1. The summed E-state index contributed by atoms with van der Waals surface area (Å²) < 4.78 is 19.2. The first kappa shape index (κ1) is 13.0. The molecule has 0 radical (unpaired) electrons. The van der Waals surface area contributed by atoms with E-state index in [4.69, 9.17) is 4.74 Å². The van der Waals surface area contributed by atoms with Gasteiger partial charge in [0.1, 0.15) is 11.6 Å². The summed E-state index contributed by atoms with van der Waals surface area (Å²) in [5.74, 6) is 0.258. The number of hydrogen-bond acceptors (Lipinski definition) is 3. The van der Waals surface area contributed by atoms with Crippen LogP contribution in [0.25, 0.3) is 0 Å². The lowest BCUT2D eigenvalue weighted by Gasteiger charge is -2.08. The Bertz CT molecular complexity index is 540. The highest BCUT2D eigenvalue weighted by Gasteiger charge is 2.06. The highest BCUT2D eigenvalue weighted by atomic mass is 79.9. The Morgan fingerprint density at radius 3 is 2.78 bits per heavy atom. The van der Waals surface area contributed by atoms with Crippen molar-refractivity contribution in [1.82, 2.24) is 4.98 Å². The second-order valence-corrected chi connectivity index (χ2v) is 4.73. The van der Waals surface area contributed by atoms with Gasteiger partial charge in [0.05, 0.1) is 6.10 Å². The van der Waals surface area contributed by atoms with Crippen molar-refractivity contribution < 1.29 is 14.2 Å². The van der Waals surface area contributed by atoms with Crippen LogP contribution < -0.4 is 4.74 Å². The number of benzene rings is 1. The molecule has 0 saturated heterocycles. The van der Waals surface area contributed by atoms with E-state index >= 15 is 0 Å². The fourth-order valence-electron chi connectivity index (χ4n) is 1.45. The molecule has 2 aromatic rings. The second kappa shape index (κ2) is 5.46. The molecule has 5 heteroatoms. The van der Waals surface area contributed by atoms with E-state index in [0.717, 1.165) is 0 Å². The molecule has 0 spiro atoms. The van der Waals surface area contributed by atoms with E-state index in [1.165, 1.54) is 18.3 Å². The van der Waals surface area contributed by atoms with E-state index in [-0.39, 0.29) is 0 Å². The van der Waals surface area contributed by atoms with Crippen molar-refractivity contribution in [3.63, 3.8) is 0 Å². The van der Waals surface area contributed by atoms with Gasteiger partial charge >= 0.3 is 0 Å². The van der Waals surface area contributed by atoms with Crippen molar-refractivity contribution in [3.05, 3.63) is 52.4 Å². The van der Waals surface area contributed by atoms with Gasteiger partial charge in [0, 0.05) is 22.8 Å². The molecule has 0 unspecified atom stereocenters. The van der Waals surface area contributed by atoms with Gasteiger partial charge in [-0.15, -0.1) is 0 Å². The zero-order valence-corrected chi connectivity index (χ0v) is 11.2. The van der Waals surface area contributed by atoms with Gasteiger partial charge in [-0.05, 0) is 30.7 Å². The quantitative estimate of drug-likeness (QED) is 0.936. The maximum atomic E-state index is 13.2. The van der Waals surface area contributed by atoms with Crippen LogP contribution in [0.2, 0.25) is 0 Å². The number of ether oxygens (including phenoxy) is 1. The van der Waals surface area contributed by atoms with Crippen LogP contribution in [0, 0.1) is 5.82 Å². The summed E-state index contributed by atoms with van der Waals surface area (Å²) in [6, 6.07) is 7.55. The van der Waals surface area contributed by atoms with Gasteiger partial charge in [-0.2, -0.15) is 0 Å². The van der Waals surface area contributed by atoms with Crippen LogP contribution in [0.3, 0.4) is 0 Å². The first-order chi connectivity index (χ1) is 8.54. The van der Waals surface area contributed by atoms with Crippen molar-refractivity contribution >= 4 is 15.9 Å². The number of aliphatic hydroxyl groups is 1. The molecule has 3 nitrogen and oxygen atoms in total. The summed E-state index contributed by atoms with van der Waals surface area (Å²) >= 11 is 3.18. The molecule has 1 N–H and O–H groups in total. The predicted octanol–water partition coefficient (Wildman–Crippen LogP) is 3.83. The topological polar surface area (TPSA) is 42.4 Å². The third-order valence-electron chi connectivity index (χ3n) is 2.30. The number of halogens is 2. The first-order valence-electron chi connectivity index (χ1n) is 5.32. The van der Waals surface area contributed by atoms with Crippen LogP contribution >= 0.6 is 15.9 Å². The normalized spacial score (nSPS) is 12.2. The summed E-state index contributed by atoms with van der Waals surface area (Å²) in [5, 5.41) is 9.45. The van der Waals surface area contributed by atoms with Crippen LogP contribution in [0.1, 0.15) is 18.6 Å². The van der Waals surface area contributed by atoms with Gasteiger partial charge in [0.15, 0.2) is 0 Å². The smallest absolute Gasteiger partial charge is 0.219 e. The molecular formula is C13H11BrFNO2. The monoisotopic (exact) mass is 311 g/mol. The fourth-order valence-corrected chi connectivity index (χ4v) is 1.89. The molecule has 1 aromatic heterocycles. The first-order valence-corrected chi connectivity index (χ1v) is 6.12. The van der Waals surface area contributed by atoms with Crippen LogP contribution in [-0.2, 0) is 0 Å². The molecule has 0 saturated carbocycles. The van der Waals surface area contributed by atoms with Crippen LogP contribution in [0.15, 0.2) is 41.0 Å². The summed E-state index contributed by atoms with van der Waals surface area (Å²) in [6.45, 7) is 1.65. The number of rotatable bonds is 3. The minimum absolute atomic E-state index is 0.311. The standard InChI is InChI=1S/C13H11BrFNO2/c1-8(17)9-2-3-16-13(4-9)18-12-6-10(14)5-11(15)7-12/h2-8,17H,1H3/t8-/m0/s1. The zero-order valence-electron chi connectivity index (χ0n) is 9.60. The third-order valence-corrected chi connectivity index (χ3v) is 2.76. The van der Waals surface area contributed by atoms with E-state index in [1.54, 1.807) is 25.1 Å². The Morgan fingerprint density at radius 1 is 1.33 bits per heavy atom. The molecule has 94 valence electrons. The molecule has 0 amide bonds. The van der Waals surface area contributed by atoms with Crippen LogP contribution in [0.5, 0.6) is 11.6 Å². The lowest BCUT2D eigenvalue weighted by atomic mass is 10.2. The van der Waals surface area contributed by atoms with Crippen molar-refractivity contribution in [2.24, 2.45) is 0 Å². The summed E-state index contributed by atoms with van der Waals surface area (Å²) in [6.07, 6.45) is 0.931. The molecule has 1 aromatic carbocycles. The van der Waals surface area contributed by atoms with E-state index < -0.39 is 11.9 Å². The number of aliphatic hydroxyl groups excluding tert-OH is 1. The SMILES string of the molecule is C[C@H](O)c1ccnc(Oc2cc(F)cc(Br)c2)c1. The molecule has 2 rings (SSSR count). The van der Waals surface area contributed by atoms with E-state index in [0.29, 0.717) is 21.7 Å². The molecule has 0 fully saturated rings. The number of hydrogen-bond donors (Lipinski definition) is 1. The second-order valence-electron chi connectivity index (χ2n) is 3.81. The van der Waals surface area contributed by atoms with Gasteiger partial charge < -0.3 is 9.84 Å². The van der Waals surface area contributed by atoms with Crippen LogP contribution in [-0.4, -0.2) is 10.1 Å². The predicted molar refractivity (Wildman–Crippen MR) is 69.0 cm³/mol. The fraction of sp³-hybridized carbons (Fsp3) is 0.154. The largest absolute Gasteiger partial charge is 0.439 e. The van der Waals surface area contributed by atoms with Crippen molar-refractivity contribution in [1.29, 1.82) is 0 Å². The lowest BCUT2D eigenvalue weighted by Crippen LogP contribution is -1.94. The summed E-state index contributed by atoms with van der Waals surface area (Å²) in [7, 11) is 0. The highest BCUT2D eigenvalue weighted by Crippen LogP contribution is 2.26. The van der Waals surface area contributed by atoms with E-state index in [9.17, 15) is 9.50 Å². The Balaban J connectivity index is 2.25. The van der Waals surface area contributed by atoms with Gasteiger partial charge in [-0.1, -0.05) is 15.9 Å². The van der Waals surface area contributed by atoms with E-state index in [2.05, 4.69) is 20.9 Å². The molecule has 0 bridgehead atoms. The third kappa shape index (κ3) is 3.27. The number of aromatic nitrogens is 1. The molecule has 1 atom stereocenters. The molecule has 0 aliphatic rings. The van der Waals surface area contributed by atoms with Gasteiger partial charge in [-0.3, -0.25) is 0 Å². The Labute approximate surface area is 112 Å². The number of pyridine rings is 1. The minimum atomic E-state index is -0.602. The maximum absolute atomic E-state index is 13.2. The Kier molecular flexibility index (Phi) is 3.93. The van der Waals surface area contributed by atoms with Gasteiger partial charge in [0.25, 0.3) is 0 Å². The molecule has 0 aliphatic carbocycles. The van der Waals surface area contributed by atoms with Crippen molar-refractivity contribution in [2.75, 3.05) is 0 Å². The minimum Gasteiger partial charge on any atom is -0.439 e. The Hall–Kier alpha value is -1.46. The Morgan fingerprint density at radius 2 is 2.11 bits per heavy atom. The average molecular weight is 312 g/mol. The van der Waals surface area contributed by atoms with Crippen molar-refractivity contribution in [2.45, 2.75) is 13.0 Å². The highest BCUT2D eigenvalue weighted by molar-refractivity contribution is 9.10. The summed E-state index contributed by atoms with van der Waals surface area (Å²) in [4.78, 5) is 4.01. The molecule has 0 aliphatic heterocycles. The molecule has 18 heavy (non-hydrogen) atoms. The van der Waals surface area contributed by atoms with Gasteiger partial charge in [-0.25, -0.2) is 9.37 Å². The van der Waals surface area contributed by atoms with Crippen LogP contribution in [0.4, 0.5) is 4.39 Å². The average Bonchev–Trinajstić information content (AvgIpc) is 2.27. The van der Waals surface area contributed by atoms with E-state index in [1.807, 2.05) is 0 Å².